The smallest absolute Gasteiger partial charge is 0.319 e. The van der Waals surface area contributed by atoms with E-state index in [1.54, 1.807) is 13.1 Å². The normalized spacial score (nSPS) is 22.3. The molecule has 0 radical (unpaired) electrons. The number of anilines is 1. The lowest BCUT2D eigenvalue weighted by Gasteiger charge is -2.45. The van der Waals surface area contributed by atoms with Gasteiger partial charge in [-0.05, 0) is 25.0 Å². The Bertz CT molecular complexity index is 813. The van der Waals surface area contributed by atoms with Crippen LogP contribution in [0.3, 0.4) is 0 Å². The number of halogens is 2. The van der Waals surface area contributed by atoms with Gasteiger partial charge in [0, 0.05) is 49.9 Å². The summed E-state index contributed by atoms with van der Waals surface area (Å²) in [5.41, 5.74) is 0.538. The van der Waals surface area contributed by atoms with E-state index in [0.717, 1.165) is 25.5 Å². The van der Waals surface area contributed by atoms with Crippen LogP contribution < -0.4 is 10.6 Å². The number of rotatable bonds is 2. The fourth-order valence-electron chi connectivity index (χ4n) is 3.55. The van der Waals surface area contributed by atoms with E-state index in [4.69, 9.17) is 0 Å². The number of aryl methyl sites for hydroxylation is 1. The highest BCUT2D eigenvalue weighted by atomic mass is 19.1. The molecular formula is C17H19F2N5O. The fourth-order valence-corrected chi connectivity index (χ4v) is 3.55. The van der Waals surface area contributed by atoms with Crippen LogP contribution in [-0.4, -0.2) is 45.9 Å². The molecule has 0 aliphatic carbocycles. The lowest BCUT2D eigenvalue weighted by Crippen LogP contribution is -2.63. The van der Waals surface area contributed by atoms with Crippen molar-refractivity contribution < 1.29 is 13.6 Å². The van der Waals surface area contributed by atoms with Gasteiger partial charge in [-0.15, -0.1) is 0 Å². The van der Waals surface area contributed by atoms with Crippen molar-refractivity contribution in [2.24, 2.45) is 7.05 Å². The zero-order chi connectivity index (χ0) is 17.6. The third kappa shape index (κ3) is 2.97. The van der Waals surface area contributed by atoms with Crippen LogP contribution in [0.1, 0.15) is 12.8 Å². The number of hydrogen-bond donors (Lipinski definition) is 2. The summed E-state index contributed by atoms with van der Waals surface area (Å²) in [6.07, 6.45) is 2.09. The number of nitrogens with zero attached hydrogens (tertiary/aromatic N) is 3. The number of amides is 2. The number of urea groups is 1. The molecule has 8 heteroatoms. The maximum atomic E-state index is 13.9. The Morgan fingerprint density at radius 3 is 2.80 bits per heavy atom. The van der Waals surface area contributed by atoms with Crippen LogP contribution in [0.5, 0.6) is 0 Å². The molecule has 5 rings (SSSR count). The number of carbonyl (C=O) groups is 1. The molecule has 2 aromatic rings. The first-order valence-corrected chi connectivity index (χ1v) is 8.32. The number of fused-ring (bicyclic) bond motifs is 3. The van der Waals surface area contributed by atoms with E-state index in [2.05, 4.69) is 15.7 Å². The molecule has 3 saturated heterocycles. The summed E-state index contributed by atoms with van der Waals surface area (Å²) < 4.78 is 28.5. The predicted molar refractivity (Wildman–Crippen MR) is 89.1 cm³/mol. The Morgan fingerprint density at radius 2 is 2.16 bits per heavy atom. The molecule has 2 N–H and O–H groups in total. The molecule has 0 saturated carbocycles. The second-order valence-corrected chi connectivity index (χ2v) is 6.58. The highest BCUT2D eigenvalue weighted by Gasteiger charge is 2.36. The van der Waals surface area contributed by atoms with Gasteiger partial charge < -0.3 is 10.2 Å². The van der Waals surface area contributed by atoms with Crippen LogP contribution in [-0.2, 0) is 7.05 Å². The van der Waals surface area contributed by atoms with Crippen LogP contribution in [0.15, 0.2) is 24.3 Å². The summed E-state index contributed by atoms with van der Waals surface area (Å²) in [5.74, 6) is -0.854. The van der Waals surface area contributed by atoms with Crippen molar-refractivity contribution in [3.63, 3.8) is 0 Å². The predicted octanol–water partition coefficient (Wildman–Crippen LogP) is 2.33. The minimum absolute atomic E-state index is 0.176. The van der Waals surface area contributed by atoms with Crippen molar-refractivity contribution in [1.29, 1.82) is 0 Å². The molecule has 2 atom stereocenters. The van der Waals surface area contributed by atoms with Crippen molar-refractivity contribution in [2.75, 3.05) is 18.4 Å². The van der Waals surface area contributed by atoms with E-state index in [1.807, 2.05) is 4.90 Å². The largest absolute Gasteiger partial charge is 0.323 e. The Morgan fingerprint density at radius 1 is 1.32 bits per heavy atom. The zero-order valence-electron chi connectivity index (χ0n) is 13.8. The highest BCUT2D eigenvalue weighted by Crippen LogP contribution is 2.26. The minimum atomic E-state index is -0.685. The summed E-state index contributed by atoms with van der Waals surface area (Å²) in [7, 11) is 1.67. The molecule has 3 aliphatic heterocycles. The zero-order valence-corrected chi connectivity index (χ0v) is 13.8. The number of aromatic nitrogens is 2. The first-order valence-electron chi connectivity index (χ1n) is 8.32. The second kappa shape index (κ2) is 6.11. The van der Waals surface area contributed by atoms with Crippen molar-refractivity contribution in [3.05, 3.63) is 35.9 Å². The average Bonchev–Trinajstić information content (AvgIpc) is 2.96. The summed E-state index contributed by atoms with van der Waals surface area (Å²) in [6.45, 7) is 1.50. The molecular weight excluding hydrogens is 328 g/mol. The van der Waals surface area contributed by atoms with Crippen LogP contribution in [0, 0.1) is 11.6 Å². The van der Waals surface area contributed by atoms with Gasteiger partial charge in [-0.2, -0.15) is 5.10 Å². The van der Waals surface area contributed by atoms with Gasteiger partial charge in [0.25, 0.3) is 0 Å². The topological polar surface area (TPSA) is 62.2 Å². The standard InChI is InChI=1S/C17H19F2N5O/c1-23-16(7-15(22-23)13-5-2-10(18)6-14(13)19)21-17(25)24-9-11-3-4-12(24)8-20-11/h2,5-7,11-12,20H,3-4,8-9H2,1H3,(H,21,25). The van der Waals surface area contributed by atoms with Crippen molar-refractivity contribution in [1.82, 2.24) is 20.0 Å². The van der Waals surface area contributed by atoms with E-state index >= 15 is 0 Å². The molecule has 3 aliphatic rings. The maximum absolute atomic E-state index is 13.9. The second-order valence-electron chi connectivity index (χ2n) is 6.58. The van der Waals surface area contributed by atoms with Gasteiger partial charge in [0.15, 0.2) is 0 Å². The summed E-state index contributed by atoms with van der Waals surface area (Å²) >= 11 is 0. The molecule has 2 bridgehead atoms. The number of hydrogen-bond acceptors (Lipinski definition) is 3. The first-order chi connectivity index (χ1) is 12.0. The van der Waals surface area contributed by atoms with E-state index in [1.165, 1.54) is 16.8 Å². The number of piperazine rings is 1. The SMILES string of the molecule is Cn1nc(-c2ccc(F)cc2F)cc1NC(=O)N1CC2CCC1CN2. The quantitative estimate of drug-likeness (QED) is 0.877. The first kappa shape index (κ1) is 16.0. The monoisotopic (exact) mass is 347 g/mol. The van der Waals surface area contributed by atoms with Gasteiger partial charge in [-0.1, -0.05) is 0 Å². The summed E-state index contributed by atoms with van der Waals surface area (Å²) in [4.78, 5) is 14.4. The molecule has 1 aromatic carbocycles. The average molecular weight is 347 g/mol. The van der Waals surface area contributed by atoms with Gasteiger partial charge in [0.2, 0.25) is 0 Å². The van der Waals surface area contributed by atoms with Gasteiger partial charge in [0.1, 0.15) is 17.5 Å². The van der Waals surface area contributed by atoms with Crippen LogP contribution in [0.25, 0.3) is 11.3 Å². The minimum Gasteiger partial charge on any atom is -0.319 e. The molecule has 25 heavy (non-hydrogen) atoms. The van der Waals surface area contributed by atoms with Crippen molar-refractivity contribution in [3.8, 4) is 11.3 Å². The third-order valence-corrected chi connectivity index (χ3v) is 4.93. The molecule has 2 amide bonds. The van der Waals surface area contributed by atoms with Crippen molar-refractivity contribution in [2.45, 2.75) is 24.9 Å². The van der Waals surface area contributed by atoms with Gasteiger partial charge in [-0.25, -0.2) is 13.6 Å². The maximum Gasteiger partial charge on any atom is 0.323 e. The Kier molecular flexibility index (Phi) is 3.91. The van der Waals surface area contributed by atoms with Crippen LogP contribution in [0.4, 0.5) is 19.4 Å². The van der Waals surface area contributed by atoms with Crippen molar-refractivity contribution >= 4 is 11.8 Å². The molecule has 132 valence electrons. The molecule has 6 nitrogen and oxygen atoms in total. The summed E-state index contributed by atoms with van der Waals surface area (Å²) in [6, 6.07) is 5.31. The lowest BCUT2D eigenvalue weighted by atomic mass is 9.93. The molecule has 4 heterocycles. The lowest BCUT2D eigenvalue weighted by molar-refractivity contribution is 0.106. The molecule has 3 fully saturated rings. The number of nitrogens with one attached hydrogen (secondary N) is 2. The summed E-state index contributed by atoms with van der Waals surface area (Å²) in [5, 5.41) is 10.5. The van der Waals surface area contributed by atoms with Gasteiger partial charge >= 0.3 is 6.03 Å². The van der Waals surface area contributed by atoms with E-state index < -0.39 is 11.6 Å². The molecule has 2 unspecified atom stereocenters. The number of piperidine rings is 2. The van der Waals surface area contributed by atoms with E-state index in [9.17, 15) is 13.6 Å². The third-order valence-electron chi connectivity index (χ3n) is 4.93. The number of benzene rings is 1. The fraction of sp³-hybridized carbons (Fsp3) is 0.412. The Labute approximate surface area is 143 Å². The van der Waals surface area contributed by atoms with Crippen LogP contribution >= 0.6 is 0 Å². The molecule has 0 spiro atoms. The van der Waals surface area contributed by atoms with Gasteiger partial charge in [0.05, 0.1) is 5.69 Å². The number of carbonyl (C=O) groups excluding carboxylic acids is 1. The van der Waals surface area contributed by atoms with Gasteiger partial charge in [-0.3, -0.25) is 10.00 Å². The Hall–Kier alpha value is -2.48. The van der Waals surface area contributed by atoms with E-state index in [-0.39, 0.29) is 17.6 Å². The molecule has 1 aromatic heterocycles. The Balaban J connectivity index is 1.53. The van der Waals surface area contributed by atoms with Crippen LogP contribution in [0.2, 0.25) is 0 Å². The van der Waals surface area contributed by atoms with E-state index in [0.29, 0.717) is 24.1 Å². The highest BCUT2D eigenvalue weighted by molar-refractivity contribution is 5.89.